The van der Waals surface area contributed by atoms with Crippen molar-refractivity contribution >= 4 is 5.97 Å². The van der Waals surface area contributed by atoms with Crippen LogP contribution in [0.25, 0.3) is 0 Å². The molecule has 3 heteroatoms. The van der Waals surface area contributed by atoms with Crippen LogP contribution < -0.4 is 5.32 Å². The monoisotopic (exact) mass is 221 g/mol. The Balaban J connectivity index is 2.73. The molecule has 0 spiro atoms. The lowest BCUT2D eigenvalue weighted by Gasteiger charge is -2.14. The molecule has 16 heavy (non-hydrogen) atoms. The summed E-state index contributed by atoms with van der Waals surface area (Å²) in [6, 6.07) is 8.06. The van der Waals surface area contributed by atoms with E-state index in [0.717, 1.165) is 18.4 Å². The van der Waals surface area contributed by atoms with Crippen LogP contribution in [-0.4, -0.2) is 18.1 Å². The summed E-state index contributed by atoms with van der Waals surface area (Å²) in [5, 5.41) is 11.8. The van der Waals surface area contributed by atoms with E-state index in [9.17, 15) is 4.79 Å². The molecule has 0 fully saturated rings. The van der Waals surface area contributed by atoms with E-state index in [1.807, 2.05) is 12.1 Å². The number of hydrogen-bond acceptors (Lipinski definition) is 2. The molecular formula is C13H19NO2. The van der Waals surface area contributed by atoms with Crippen LogP contribution in [0.15, 0.2) is 24.3 Å². The fourth-order valence-corrected chi connectivity index (χ4v) is 1.77. The van der Waals surface area contributed by atoms with Gasteiger partial charge < -0.3 is 10.4 Å². The number of benzene rings is 1. The lowest BCUT2D eigenvalue weighted by molar-refractivity contribution is -0.137. The van der Waals surface area contributed by atoms with Crippen molar-refractivity contribution in [1.82, 2.24) is 5.32 Å². The lowest BCUT2D eigenvalue weighted by Crippen LogP contribution is -2.19. The van der Waals surface area contributed by atoms with Crippen LogP contribution in [0, 0.1) is 0 Å². The largest absolute Gasteiger partial charge is 0.481 e. The van der Waals surface area contributed by atoms with E-state index in [4.69, 9.17) is 5.11 Å². The molecule has 0 radical (unpaired) electrons. The van der Waals surface area contributed by atoms with Crippen molar-refractivity contribution in [2.45, 2.75) is 32.2 Å². The second-order valence-corrected chi connectivity index (χ2v) is 3.93. The van der Waals surface area contributed by atoms with Crippen molar-refractivity contribution < 1.29 is 9.90 Å². The number of aryl methyl sites for hydroxylation is 1. The van der Waals surface area contributed by atoms with E-state index in [0.29, 0.717) is 0 Å². The van der Waals surface area contributed by atoms with Gasteiger partial charge in [-0.15, -0.1) is 0 Å². The first-order valence-corrected chi connectivity index (χ1v) is 5.65. The maximum atomic E-state index is 10.7. The van der Waals surface area contributed by atoms with Gasteiger partial charge in [-0.3, -0.25) is 4.79 Å². The summed E-state index contributed by atoms with van der Waals surface area (Å²) in [5.74, 6) is -0.781. The molecule has 0 aromatic heterocycles. The fourth-order valence-electron chi connectivity index (χ4n) is 1.77. The first-order chi connectivity index (χ1) is 7.67. The van der Waals surface area contributed by atoms with Crippen molar-refractivity contribution in [3.8, 4) is 0 Å². The molecule has 0 amide bonds. The highest BCUT2D eigenvalue weighted by Gasteiger charge is 2.12. The molecule has 3 nitrogen and oxygen atoms in total. The molecule has 88 valence electrons. The lowest BCUT2D eigenvalue weighted by atomic mass is 10.0. The minimum atomic E-state index is -0.781. The molecule has 1 aromatic rings. The van der Waals surface area contributed by atoms with Crippen molar-refractivity contribution in [2.75, 3.05) is 7.05 Å². The molecule has 1 unspecified atom stereocenters. The second-order valence-electron chi connectivity index (χ2n) is 3.93. The van der Waals surface area contributed by atoms with Gasteiger partial charge in [0, 0.05) is 6.04 Å². The molecule has 1 atom stereocenters. The molecule has 1 aromatic carbocycles. The van der Waals surface area contributed by atoms with E-state index < -0.39 is 5.97 Å². The summed E-state index contributed by atoms with van der Waals surface area (Å²) < 4.78 is 0. The van der Waals surface area contributed by atoms with Gasteiger partial charge in [0.05, 0.1) is 6.42 Å². The minimum absolute atomic E-state index is 0.104. The third-order valence-electron chi connectivity index (χ3n) is 2.65. The number of rotatable bonds is 6. The van der Waals surface area contributed by atoms with E-state index in [1.165, 1.54) is 5.56 Å². The number of hydrogen-bond donors (Lipinski definition) is 2. The Bertz CT molecular complexity index is 332. The molecule has 0 aliphatic rings. The number of carboxylic acid groups (broad SMARTS) is 1. The Hall–Kier alpha value is -1.35. The quantitative estimate of drug-likeness (QED) is 0.775. The fraction of sp³-hybridized carbons (Fsp3) is 0.462. The van der Waals surface area contributed by atoms with Gasteiger partial charge in [-0.25, -0.2) is 0 Å². The first-order valence-electron chi connectivity index (χ1n) is 5.65. The normalized spacial score (nSPS) is 12.4. The smallest absolute Gasteiger partial charge is 0.305 e. The highest BCUT2D eigenvalue weighted by atomic mass is 16.4. The maximum absolute atomic E-state index is 10.7. The second kappa shape index (κ2) is 6.28. The number of aliphatic carboxylic acids is 1. The number of nitrogens with one attached hydrogen (secondary N) is 1. The maximum Gasteiger partial charge on any atom is 0.305 e. The number of carboxylic acids is 1. The zero-order valence-electron chi connectivity index (χ0n) is 9.86. The van der Waals surface area contributed by atoms with Gasteiger partial charge in [0.2, 0.25) is 0 Å². The van der Waals surface area contributed by atoms with Gasteiger partial charge in [0.1, 0.15) is 0 Å². The van der Waals surface area contributed by atoms with Crippen molar-refractivity contribution in [3.05, 3.63) is 35.4 Å². The van der Waals surface area contributed by atoms with Gasteiger partial charge in [-0.05, 0) is 24.6 Å². The van der Waals surface area contributed by atoms with Gasteiger partial charge in [0.15, 0.2) is 0 Å². The SMILES string of the molecule is CCCc1ccc(C(CC(=O)O)NC)cc1. The standard InChI is InChI=1S/C13H19NO2/c1-3-4-10-5-7-11(8-6-10)12(14-2)9-13(15)16/h5-8,12,14H,3-4,9H2,1-2H3,(H,15,16). The van der Waals surface area contributed by atoms with Crippen molar-refractivity contribution in [2.24, 2.45) is 0 Å². The summed E-state index contributed by atoms with van der Waals surface area (Å²) in [6.07, 6.45) is 2.32. The highest BCUT2D eigenvalue weighted by Crippen LogP contribution is 2.17. The van der Waals surface area contributed by atoms with Crippen LogP contribution in [0.4, 0.5) is 0 Å². The van der Waals surface area contributed by atoms with Crippen LogP contribution in [0.3, 0.4) is 0 Å². The van der Waals surface area contributed by atoms with Gasteiger partial charge in [0.25, 0.3) is 0 Å². The van der Waals surface area contributed by atoms with E-state index >= 15 is 0 Å². The van der Waals surface area contributed by atoms with E-state index in [-0.39, 0.29) is 12.5 Å². The van der Waals surface area contributed by atoms with Crippen LogP contribution >= 0.6 is 0 Å². The third kappa shape index (κ3) is 3.66. The molecule has 1 rings (SSSR count). The third-order valence-corrected chi connectivity index (χ3v) is 2.65. The van der Waals surface area contributed by atoms with Crippen LogP contribution in [0.5, 0.6) is 0 Å². The van der Waals surface area contributed by atoms with Gasteiger partial charge in [-0.2, -0.15) is 0 Å². The Morgan fingerprint density at radius 1 is 1.38 bits per heavy atom. The Kier molecular flexibility index (Phi) is 4.99. The molecule has 0 saturated heterocycles. The van der Waals surface area contributed by atoms with Gasteiger partial charge >= 0.3 is 5.97 Å². The molecule has 0 saturated carbocycles. The summed E-state index contributed by atoms with van der Waals surface area (Å²) in [4.78, 5) is 10.7. The van der Waals surface area contributed by atoms with E-state index in [1.54, 1.807) is 7.05 Å². The molecule has 0 bridgehead atoms. The predicted octanol–water partition coefficient (Wildman–Crippen LogP) is 2.37. The molecular weight excluding hydrogens is 202 g/mol. The van der Waals surface area contributed by atoms with Crippen LogP contribution in [0.2, 0.25) is 0 Å². The Morgan fingerprint density at radius 2 is 2.00 bits per heavy atom. The Labute approximate surface area is 96.5 Å². The number of carbonyl (C=O) groups is 1. The average molecular weight is 221 g/mol. The molecule has 2 N–H and O–H groups in total. The first kappa shape index (κ1) is 12.7. The van der Waals surface area contributed by atoms with Crippen molar-refractivity contribution in [3.63, 3.8) is 0 Å². The summed E-state index contributed by atoms with van der Waals surface area (Å²) in [5.41, 5.74) is 2.33. The molecule has 0 aliphatic heterocycles. The van der Waals surface area contributed by atoms with Crippen molar-refractivity contribution in [1.29, 1.82) is 0 Å². The zero-order valence-corrected chi connectivity index (χ0v) is 9.86. The van der Waals surface area contributed by atoms with Crippen LogP contribution in [0.1, 0.15) is 36.9 Å². The Morgan fingerprint density at radius 3 is 2.44 bits per heavy atom. The van der Waals surface area contributed by atoms with E-state index in [2.05, 4.69) is 24.4 Å². The topological polar surface area (TPSA) is 49.3 Å². The summed E-state index contributed by atoms with van der Waals surface area (Å²) in [6.45, 7) is 2.15. The average Bonchev–Trinajstić information content (AvgIpc) is 2.27. The minimum Gasteiger partial charge on any atom is -0.481 e. The predicted molar refractivity (Wildman–Crippen MR) is 64.5 cm³/mol. The summed E-state index contributed by atoms with van der Waals surface area (Å²) >= 11 is 0. The van der Waals surface area contributed by atoms with Gasteiger partial charge in [-0.1, -0.05) is 37.6 Å². The molecule has 0 aliphatic carbocycles. The zero-order chi connectivity index (χ0) is 12.0. The summed E-state index contributed by atoms with van der Waals surface area (Å²) in [7, 11) is 1.79. The van der Waals surface area contributed by atoms with Crippen LogP contribution in [-0.2, 0) is 11.2 Å². The molecule has 0 heterocycles. The highest BCUT2D eigenvalue weighted by molar-refractivity contribution is 5.67.